The van der Waals surface area contributed by atoms with Gasteiger partial charge in [0.2, 0.25) is 5.89 Å². The summed E-state index contributed by atoms with van der Waals surface area (Å²) < 4.78 is 5.69. The van der Waals surface area contributed by atoms with Gasteiger partial charge in [-0.3, -0.25) is 0 Å². The fraction of sp³-hybridized carbons (Fsp3) is 0.0714. The number of nitrogens with two attached hydrogens (primary N) is 1. The Morgan fingerprint density at radius 3 is 2.89 bits per heavy atom. The lowest BCUT2D eigenvalue weighted by atomic mass is 10.1. The molecule has 4 heteroatoms. The molecular weight excluding hydrogens is 248 g/mol. The second-order valence-corrected chi connectivity index (χ2v) is 4.56. The Bertz CT molecular complexity index is 734. The van der Waals surface area contributed by atoms with Gasteiger partial charge in [0.15, 0.2) is 5.58 Å². The molecule has 0 aliphatic carbocycles. The van der Waals surface area contributed by atoms with Gasteiger partial charge in [-0.05, 0) is 36.8 Å². The molecule has 1 heterocycles. The number of halogens is 1. The largest absolute Gasteiger partial charge is 0.436 e. The average Bonchev–Trinajstić information content (AvgIpc) is 2.75. The first-order chi connectivity index (χ1) is 8.65. The SMILES string of the molecule is Cc1cccc(-c2nc3cc(N)ccc3o2)c1Cl. The monoisotopic (exact) mass is 258 g/mol. The predicted octanol–water partition coefficient (Wildman–Crippen LogP) is 4.04. The Labute approximate surface area is 109 Å². The minimum Gasteiger partial charge on any atom is -0.436 e. The minimum atomic E-state index is 0.518. The molecule has 0 fully saturated rings. The number of benzene rings is 2. The van der Waals surface area contributed by atoms with Crippen LogP contribution in [0.15, 0.2) is 40.8 Å². The van der Waals surface area contributed by atoms with Crippen LogP contribution in [0.2, 0.25) is 5.02 Å². The zero-order chi connectivity index (χ0) is 12.7. The molecule has 0 spiro atoms. The van der Waals surface area contributed by atoms with Gasteiger partial charge >= 0.3 is 0 Å². The summed E-state index contributed by atoms with van der Waals surface area (Å²) in [6.45, 7) is 1.95. The van der Waals surface area contributed by atoms with Crippen LogP contribution in [0.4, 0.5) is 5.69 Å². The van der Waals surface area contributed by atoms with Crippen molar-refractivity contribution in [3.63, 3.8) is 0 Å². The van der Waals surface area contributed by atoms with Crippen LogP contribution in [0.5, 0.6) is 0 Å². The van der Waals surface area contributed by atoms with Gasteiger partial charge in [0.1, 0.15) is 5.52 Å². The van der Waals surface area contributed by atoms with Crippen molar-refractivity contribution < 1.29 is 4.42 Å². The van der Waals surface area contributed by atoms with Gasteiger partial charge in [0.05, 0.1) is 10.6 Å². The molecule has 0 aliphatic heterocycles. The molecule has 2 aromatic carbocycles. The summed E-state index contributed by atoms with van der Waals surface area (Å²) in [5, 5.41) is 0.664. The van der Waals surface area contributed by atoms with E-state index < -0.39 is 0 Å². The van der Waals surface area contributed by atoms with E-state index in [2.05, 4.69) is 4.98 Å². The summed E-state index contributed by atoms with van der Waals surface area (Å²) in [6, 6.07) is 11.2. The zero-order valence-corrected chi connectivity index (χ0v) is 10.5. The molecule has 3 nitrogen and oxygen atoms in total. The molecule has 3 aromatic rings. The Hall–Kier alpha value is -2.00. The number of hydrogen-bond acceptors (Lipinski definition) is 3. The summed E-state index contributed by atoms with van der Waals surface area (Å²) >= 11 is 6.26. The minimum absolute atomic E-state index is 0.518. The molecule has 18 heavy (non-hydrogen) atoms. The smallest absolute Gasteiger partial charge is 0.228 e. The number of fused-ring (bicyclic) bond motifs is 1. The van der Waals surface area contributed by atoms with E-state index in [1.165, 1.54) is 0 Å². The van der Waals surface area contributed by atoms with E-state index in [9.17, 15) is 0 Å². The van der Waals surface area contributed by atoms with Crippen molar-refractivity contribution in [3.05, 3.63) is 47.0 Å². The van der Waals surface area contributed by atoms with Crippen molar-refractivity contribution in [2.75, 3.05) is 5.73 Å². The third-order valence-electron chi connectivity index (χ3n) is 2.83. The molecule has 3 rings (SSSR count). The first-order valence-electron chi connectivity index (χ1n) is 5.57. The van der Waals surface area contributed by atoms with Crippen molar-refractivity contribution in [1.82, 2.24) is 4.98 Å². The Morgan fingerprint density at radius 1 is 1.22 bits per heavy atom. The van der Waals surface area contributed by atoms with E-state index in [-0.39, 0.29) is 0 Å². The van der Waals surface area contributed by atoms with Crippen molar-refractivity contribution in [2.45, 2.75) is 6.92 Å². The molecular formula is C14H11ClN2O. The number of nitrogen functional groups attached to an aromatic ring is 1. The van der Waals surface area contributed by atoms with Crippen LogP contribution in [-0.4, -0.2) is 4.98 Å². The van der Waals surface area contributed by atoms with Crippen LogP contribution in [0.3, 0.4) is 0 Å². The number of hydrogen-bond donors (Lipinski definition) is 1. The number of anilines is 1. The molecule has 0 saturated heterocycles. The van der Waals surface area contributed by atoms with Gasteiger partial charge in [-0.15, -0.1) is 0 Å². The standard InChI is InChI=1S/C14H11ClN2O/c1-8-3-2-4-10(13(8)15)14-17-11-7-9(16)5-6-12(11)18-14/h2-7H,16H2,1H3. The highest BCUT2D eigenvalue weighted by atomic mass is 35.5. The van der Waals surface area contributed by atoms with Gasteiger partial charge in [0.25, 0.3) is 0 Å². The van der Waals surface area contributed by atoms with Crippen LogP contribution in [0.1, 0.15) is 5.56 Å². The lowest BCUT2D eigenvalue weighted by Crippen LogP contribution is -1.83. The Kier molecular flexibility index (Phi) is 2.49. The van der Waals surface area contributed by atoms with Gasteiger partial charge in [-0.25, -0.2) is 4.98 Å². The Balaban J connectivity index is 2.22. The van der Waals surface area contributed by atoms with E-state index in [1.54, 1.807) is 12.1 Å². The fourth-order valence-corrected chi connectivity index (χ4v) is 2.08. The molecule has 0 amide bonds. The quantitative estimate of drug-likeness (QED) is 0.670. The fourth-order valence-electron chi connectivity index (χ4n) is 1.87. The first kappa shape index (κ1) is 11.1. The molecule has 2 N–H and O–H groups in total. The average molecular weight is 259 g/mol. The Morgan fingerprint density at radius 2 is 2.06 bits per heavy atom. The highest BCUT2D eigenvalue weighted by Crippen LogP contribution is 2.32. The third kappa shape index (κ3) is 1.73. The molecule has 0 unspecified atom stereocenters. The highest BCUT2D eigenvalue weighted by Gasteiger charge is 2.12. The molecule has 0 radical (unpaired) electrons. The van der Waals surface area contributed by atoms with Gasteiger partial charge in [0, 0.05) is 5.69 Å². The first-order valence-corrected chi connectivity index (χ1v) is 5.94. The van der Waals surface area contributed by atoms with Crippen LogP contribution in [-0.2, 0) is 0 Å². The van der Waals surface area contributed by atoms with Gasteiger partial charge in [-0.2, -0.15) is 0 Å². The lowest BCUT2D eigenvalue weighted by molar-refractivity contribution is 0.620. The topological polar surface area (TPSA) is 52.0 Å². The van der Waals surface area contributed by atoms with E-state index in [1.807, 2.05) is 31.2 Å². The number of oxazole rings is 1. The molecule has 0 atom stereocenters. The van der Waals surface area contributed by atoms with E-state index >= 15 is 0 Å². The van der Waals surface area contributed by atoms with Crippen LogP contribution < -0.4 is 5.73 Å². The van der Waals surface area contributed by atoms with Crippen LogP contribution in [0.25, 0.3) is 22.6 Å². The van der Waals surface area contributed by atoms with Crippen LogP contribution in [0, 0.1) is 6.92 Å². The van der Waals surface area contributed by atoms with Crippen molar-refractivity contribution in [3.8, 4) is 11.5 Å². The van der Waals surface area contributed by atoms with Gasteiger partial charge < -0.3 is 10.2 Å². The highest BCUT2D eigenvalue weighted by molar-refractivity contribution is 6.33. The summed E-state index contributed by atoms with van der Waals surface area (Å²) in [5.41, 5.74) is 9.62. The maximum atomic E-state index is 6.26. The van der Waals surface area contributed by atoms with Crippen molar-refractivity contribution in [2.24, 2.45) is 0 Å². The summed E-state index contributed by atoms with van der Waals surface area (Å²) in [7, 11) is 0. The molecule has 0 saturated carbocycles. The molecule has 0 bridgehead atoms. The number of nitrogens with zero attached hydrogens (tertiary/aromatic N) is 1. The maximum Gasteiger partial charge on any atom is 0.228 e. The maximum absolute atomic E-state index is 6.26. The lowest BCUT2D eigenvalue weighted by Gasteiger charge is -2.01. The zero-order valence-electron chi connectivity index (χ0n) is 9.77. The molecule has 1 aromatic heterocycles. The number of aryl methyl sites for hydroxylation is 1. The normalized spacial score (nSPS) is 11.0. The molecule has 0 aliphatic rings. The summed E-state index contributed by atoms with van der Waals surface area (Å²) in [6.07, 6.45) is 0. The van der Waals surface area contributed by atoms with E-state index in [4.69, 9.17) is 21.8 Å². The second kappa shape index (κ2) is 4.03. The summed E-state index contributed by atoms with van der Waals surface area (Å²) in [4.78, 5) is 4.41. The van der Waals surface area contributed by atoms with E-state index in [0.29, 0.717) is 22.2 Å². The summed E-state index contributed by atoms with van der Waals surface area (Å²) in [5.74, 6) is 0.518. The van der Waals surface area contributed by atoms with Crippen molar-refractivity contribution >= 4 is 28.4 Å². The number of rotatable bonds is 1. The van der Waals surface area contributed by atoms with Crippen LogP contribution >= 0.6 is 11.6 Å². The third-order valence-corrected chi connectivity index (χ3v) is 3.34. The molecule has 90 valence electrons. The number of aromatic nitrogens is 1. The van der Waals surface area contributed by atoms with Gasteiger partial charge in [-0.1, -0.05) is 23.7 Å². The predicted molar refractivity (Wildman–Crippen MR) is 73.6 cm³/mol. The second-order valence-electron chi connectivity index (χ2n) is 4.18. The van der Waals surface area contributed by atoms with Crippen molar-refractivity contribution in [1.29, 1.82) is 0 Å². The van der Waals surface area contributed by atoms with E-state index in [0.717, 1.165) is 16.6 Å².